The van der Waals surface area contributed by atoms with Crippen molar-refractivity contribution in [2.45, 2.75) is 6.92 Å². The topological polar surface area (TPSA) is 72.6 Å². The fraction of sp³-hybridized carbons (Fsp3) is 0.125. The van der Waals surface area contributed by atoms with Gasteiger partial charge in [-0.2, -0.15) is 4.99 Å². The van der Waals surface area contributed by atoms with Crippen molar-refractivity contribution < 1.29 is 9.72 Å². The average Bonchev–Trinajstić information content (AvgIpc) is 2.11. The quantitative estimate of drug-likeness (QED) is 0.354. The standard InChI is InChI=1S/C8H5BrN2O3/c1-5-2-7(10-4-12)8(11(13)14)3-6(5)9/h2-3H,1H3. The number of aliphatic imine (C=N–C) groups is 1. The molecule has 0 fully saturated rings. The Morgan fingerprint density at radius 2 is 2.21 bits per heavy atom. The van der Waals surface area contributed by atoms with E-state index < -0.39 is 4.92 Å². The van der Waals surface area contributed by atoms with Crippen molar-refractivity contribution in [2.24, 2.45) is 4.99 Å². The maximum Gasteiger partial charge on any atom is 0.296 e. The first-order chi connectivity index (χ1) is 6.56. The summed E-state index contributed by atoms with van der Waals surface area (Å²) >= 11 is 3.15. The number of benzene rings is 1. The van der Waals surface area contributed by atoms with Crippen molar-refractivity contribution in [3.63, 3.8) is 0 Å². The van der Waals surface area contributed by atoms with Crippen LogP contribution in [-0.2, 0) is 4.79 Å². The number of nitro benzene ring substituents is 1. The summed E-state index contributed by atoms with van der Waals surface area (Å²) in [7, 11) is 0. The van der Waals surface area contributed by atoms with E-state index in [-0.39, 0.29) is 11.4 Å². The lowest BCUT2D eigenvalue weighted by molar-refractivity contribution is -0.384. The van der Waals surface area contributed by atoms with Gasteiger partial charge in [-0.25, -0.2) is 4.79 Å². The van der Waals surface area contributed by atoms with Gasteiger partial charge in [-0.1, -0.05) is 15.9 Å². The number of hydrogen-bond donors (Lipinski definition) is 0. The molecule has 0 spiro atoms. The van der Waals surface area contributed by atoms with Gasteiger partial charge in [0, 0.05) is 10.5 Å². The normalized spacial score (nSPS) is 9.29. The van der Waals surface area contributed by atoms with Crippen molar-refractivity contribution in [3.8, 4) is 0 Å². The zero-order valence-corrected chi connectivity index (χ0v) is 8.74. The lowest BCUT2D eigenvalue weighted by atomic mass is 10.2. The van der Waals surface area contributed by atoms with Gasteiger partial charge in [0.25, 0.3) is 5.69 Å². The molecule has 0 radical (unpaired) electrons. The molecule has 0 aliphatic rings. The number of nitrogens with zero attached hydrogens (tertiary/aromatic N) is 2. The van der Waals surface area contributed by atoms with Crippen LogP contribution in [0, 0.1) is 17.0 Å². The Hall–Kier alpha value is -1.52. The first-order valence-electron chi connectivity index (χ1n) is 3.58. The van der Waals surface area contributed by atoms with E-state index in [4.69, 9.17) is 0 Å². The molecular weight excluding hydrogens is 252 g/mol. The van der Waals surface area contributed by atoms with E-state index in [0.29, 0.717) is 4.47 Å². The van der Waals surface area contributed by atoms with Gasteiger partial charge >= 0.3 is 0 Å². The van der Waals surface area contributed by atoms with Gasteiger partial charge < -0.3 is 0 Å². The van der Waals surface area contributed by atoms with Crippen LogP contribution in [0.15, 0.2) is 21.6 Å². The molecule has 1 rings (SSSR count). The van der Waals surface area contributed by atoms with Crippen LogP contribution in [-0.4, -0.2) is 11.0 Å². The van der Waals surface area contributed by atoms with Gasteiger partial charge in [0.1, 0.15) is 0 Å². The molecule has 0 N–H and O–H groups in total. The highest BCUT2D eigenvalue weighted by atomic mass is 79.9. The van der Waals surface area contributed by atoms with Crippen LogP contribution >= 0.6 is 15.9 Å². The molecule has 0 saturated heterocycles. The second-order valence-electron chi connectivity index (χ2n) is 2.55. The minimum atomic E-state index is -0.597. The Balaban J connectivity index is 3.45. The van der Waals surface area contributed by atoms with Crippen LogP contribution in [0.1, 0.15) is 5.56 Å². The van der Waals surface area contributed by atoms with Crippen LogP contribution < -0.4 is 0 Å². The van der Waals surface area contributed by atoms with Crippen molar-refractivity contribution in [2.75, 3.05) is 0 Å². The van der Waals surface area contributed by atoms with Crippen molar-refractivity contribution >= 4 is 33.4 Å². The van der Waals surface area contributed by atoms with E-state index in [0.717, 1.165) is 5.56 Å². The highest BCUT2D eigenvalue weighted by molar-refractivity contribution is 9.10. The van der Waals surface area contributed by atoms with Gasteiger partial charge in [-0.3, -0.25) is 10.1 Å². The van der Waals surface area contributed by atoms with Gasteiger partial charge in [0.2, 0.25) is 6.08 Å². The third kappa shape index (κ3) is 2.04. The molecule has 0 amide bonds. The number of aryl methyl sites for hydroxylation is 1. The third-order valence-electron chi connectivity index (χ3n) is 1.62. The van der Waals surface area contributed by atoms with Crippen LogP contribution in [0.25, 0.3) is 0 Å². The maximum absolute atomic E-state index is 10.6. The molecule has 1 aromatic rings. The maximum atomic E-state index is 10.6. The van der Waals surface area contributed by atoms with Crippen molar-refractivity contribution in [1.82, 2.24) is 0 Å². The fourth-order valence-corrected chi connectivity index (χ4v) is 1.27. The lowest BCUT2D eigenvalue weighted by Gasteiger charge is -1.99. The fourth-order valence-electron chi connectivity index (χ4n) is 0.941. The van der Waals surface area contributed by atoms with E-state index in [1.54, 1.807) is 6.92 Å². The molecule has 0 aromatic heterocycles. The molecule has 0 bridgehead atoms. The van der Waals surface area contributed by atoms with Crippen LogP contribution in [0.5, 0.6) is 0 Å². The Morgan fingerprint density at radius 1 is 1.57 bits per heavy atom. The molecule has 0 unspecified atom stereocenters. The predicted molar refractivity (Wildman–Crippen MR) is 53.3 cm³/mol. The minimum Gasteiger partial charge on any atom is -0.258 e. The van der Waals surface area contributed by atoms with E-state index >= 15 is 0 Å². The third-order valence-corrected chi connectivity index (χ3v) is 2.47. The summed E-state index contributed by atoms with van der Waals surface area (Å²) < 4.78 is 0.606. The highest BCUT2D eigenvalue weighted by Gasteiger charge is 2.15. The predicted octanol–water partition coefficient (Wildman–Crippen LogP) is 2.63. The van der Waals surface area contributed by atoms with Gasteiger partial charge in [-0.05, 0) is 18.6 Å². The summed E-state index contributed by atoms with van der Waals surface area (Å²) in [6.07, 6.45) is 1.28. The molecule has 0 saturated carbocycles. The smallest absolute Gasteiger partial charge is 0.258 e. The van der Waals surface area contributed by atoms with Crippen LogP contribution in [0.3, 0.4) is 0 Å². The number of rotatable bonds is 2. The Kier molecular flexibility index (Phi) is 3.11. The van der Waals surface area contributed by atoms with Crippen LogP contribution in [0.4, 0.5) is 11.4 Å². The molecule has 14 heavy (non-hydrogen) atoms. The molecule has 0 aliphatic heterocycles. The van der Waals surface area contributed by atoms with E-state index in [2.05, 4.69) is 20.9 Å². The summed E-state index contributed by atoms with van der Waals surface area (Å²) in [5, 5.41) is 10.6. The molecule has 1 aromatic carbocycles. The summed E-state index contributed by atoms with van der Waals surface area (Å²) in [4.78, 5) is 23.2. The largest absolute Gasteiger partial charge is 0.296 e. The zero-order chi connectivity index (χ0) is 10.7. The highest BCUT2D eigenvalue weighted by Crippen LogP contribution is 2.32. The van der Waals surface area contributed by atoms with Crippen molar-refractivity contribution in [3.05, 3.63) is 32.3 Å². The van der Waals surface area contributed by atoms with E-state index in [9.17, 15) is 14.9 Å². The molecule has 0 heterocycles. The first kappa shape index (κ1) is 10.6. The summed E-state index contributed by atoms with van der Waals surface area (Å²) in [6, 6.07) is 2.76. The van der Waals surface area contributed by atoms with Gasteiger partial charge in [0.05, 0.1) is 4.92 Å². The molecule has 0 atom stereocenters. The first-order valence-corrected chi connectivity index (χ1v) is 4.38. The average molecular weight is 257 g/mol. The number of carbonyl (C=O) groups excluding carboxylic acids is 1. The van der Waals surface area contributed by atoms with Crippen LogP contribution in [0.2, 0.25) is 0 Å². The van der Waals surface area contributed by atoms with E-state index in [1.165, 1.54) is 18.2 Å². The summed E-state index contributed by atoms with van der Waals surface area (Å²) in [6.45, 7) is 1.75. The minimum absolute atomic E-state index is 0.0192. The second kappa shape index (κ2) is 4.13. The lowest BCUT2D eigenvalue weighted by Crippen LogP contribution is -1.89. The Morgan fingerprint density at radius 3 is 2.71 bits per heavy atom. The number of hydrogen-bond acceptors (Lipinski definition) is 4. The number of isocyanates is 1. The molecule has 0 aliphatic carbocycles. The Labute approximate surface area is 87.7 Å². The zero-order valence-electron chi connectivity index (χ0n) is 7.15. The number of halogens is 1. The monoisotopic (exact) mass is 256 g/mol. The molecular formula is C8H5BrN2O3. The SMILES string of the molecule is Cc1cc(N=C=O)c([N+](=O)[O-])cc1Br. The molecule has 5 nitrogen and oxygen atoms in total. The van der Waals surface area contributed by atoms with E-state index in [1.807, 2.05) is 0 Å². The number of nitro groups is 1. The Bertz CT molecular complexity index is 411. The van der Waals surface area contributed by atoms with Gasteiger partial charge in [0.15, 0.2) is 5.69 Å². The van der Waals surface area contributed by atoms with Crippen molar-refractivity contribution in [1.29, 1.82) is 0 Å². The molecule has 72 valence electrons. The summed E-state index contributed by atoms with van der Waals surface area (Å²) in [5.74, 6) is 0. The van der Waals surface area contributed by atoms with Gasteiger partial charge in [-0.15, -0.1) is 0 Å². The second-order valence-corrected chi connectivity index (χ2v) is 3.40. The summed E-state index contributed by atoms with van der Waals surface area (Å²) in [5.41, 5.74) is 0.570. The molecule has 6 heteroatoms.